The van der Waals surface area contributed by atoms with Crippen LogP contribution in [0.15, 0.2) is 24.3 Å². The molecule has 122 valence electrons. The Morgan fingerprint density at radius 3 is 2.05 bits per heavy atom. The summed E-state index contributed by atoms with van der Waals surface area (Å²) in [5.74, 6) is -5.03. The van der Waals surface area contributed by atoms with E-state index < -0.39 is 39.4 Å². The molecular weight excluding hydrogens is 327 g/mol. The fourth-order valence-electron chi connectivity index (χ4n) is 1.53. The number of benzene rings is 1. The number of halogens is 3. The zero-order valence-electron chi connectivity index (χ0n) is 11.1. The molecule has 1 aromatic carbocycles. The van der Waals surface area contributed by atoms with Gasteiger partial charge < -0.3 is 10.4 Å². The predicted octanol–water partition coefficient (Wildman–Crippen LogP) is 0.864. The first-order valence-electron chi connectivity index (χ1n) is 5.85. The van der Waals surface area contributed by atoms with E-state index in [-0.39, 0.29) is 6.54 Å². The number of amides is 1. The zero-order chi connectivity index (χ0) is 17.0. The van der Waals surface area contributed by atoms with Gasteiger partial charge in [-0.3, -0.25) is 9.59 Å². The summed E-state index contributed by atoms with van der Waals surface area (Å²) in [6, 6.07) is 5.38. The quantitative estimate of drug-likeness (QED) is 0.801. The zero-order valence-corrected chi connectivity index (χ0v) is 11.9. The maximum atomic E-state index is 12.0. The van der Waals surface area contributed by atoms with Crippen LogP contribution in [0.4, 0.5) is 13.2 Å². The molecule has 0 unspecified atom stereocenters. The molecule has 0 atom stereocenters. The van der Waals surface area contributed by atoms with Crippen molar-refractivity contribution in [3.63, 3.8) is 0 Å². The predicted molar refractivity (Wildman–Crippen MR) is 69.5 cm³/mol. The van der Waals surface area contributed by atoms with Crippen LogP contribution in [-0.4, -0.2) is 37.3 Å². The third-order valence-electron chi connectivity index (χ3n) is 2.46. The Bertz CT molecular complexity index is 652. The van der Waals surface area contributed by atoms with Gasteiger partial charge in [0.2, 0.25) is 0 Å². The Morgan fingerprint density at radius 1 is 1.09 bits per heavy atom. The molecule has 0 heterocycles. The van der Waals surface area contributed by atoms with E-state index in [2.05, 4.69) is 0 Å². The van der Waals surface area contributed by atoms with Crippen LogP contribution in [0.25, 0.3) is 0 Å². The molecule has 1 rings (SSSR count). The Hall–Kier alpha value is -2.10. The molecule has 1 amide bonds. The van der Waals surface area contributed by atoms with Crippen LogP contribution in [0.3, 0.4) is 0 Å². The summed E-state index contributed by atoms with van der Waals surface area (Å²) in [6.45, 7) is -0.361. The molecule has 2 N–H and O–H groups in total. The lowest BCUT2D eigenvalue weighted by atomic mass is 10.1. The van der Waals surface area contributed by atoms with Gasteiger partial charge in [0.1, 0.15) is 5.75 Å². The van der Waals surface area contributed by atoms with E-state index in [1.165, 1.54) is 24.3 Å². The first kappa shape index (κ1) is 18.0. The summed E-state index contributed by atoms with van der Waals surface area (Å²) in [5, 5.41) is 10.1. The Labute approximate surface area is 123 Å². The number of alkyl halides is 3. The van der Waals surface area contributed by atoms with Gasteiger partial charge in [-0.2, -0.15) is 13.2 Å². The second kappa shape index (κ2) is 6.77. The van der Waals surface area contributed by atoms with Gasteiger partial charge in [-0.1, -0.05) is 24.3 Å². The fraction of sp³-hybridized carbons (Fsp3) is 0.333. The Balaban J connectivity index is 2.64. The highest BCUT2D eigenvalue weighted by Gasteiger charge is 2.38. The standard InChI is InChI=1S/C12H12F3NO5S/c13-12(14,15)11(19)16-5-8-1-3-9(4-2-8)6-22(20,21)7-10(17)18/h1-4H,5-7H2,(H,16,19)(H,17,18). The molecule has 0 bridgehead atoms. The average Bonchev–Trinajstić information content (AvgIpc) is 2.34. The van der Waals surface area contributed by atoms with Gasteiger partial charge in [0.25, 0.3) is 0 Å². The third-order valence-corrected chi connectivity index (χ3v) is 3.92. The lowest BCUT2D eigenvalue weighted by molar-refractivity contribution is -0.173. The summed E-state index contributed by atoms with van der Waals surface area (Å²) in [5.41, 5.74) is 0.643. The molecule has 0 aliphatic rings. The van der Waals surface area contributed by atoms with Crippen LogP contribution in [0.1, 0.15) is 11.1 Å². The number of carboxylic acids is 1. The number of rotatable bonds is 6. The van der Waals surface area contributed by atoms with E-state index in [1.807, 2.05) is 0 Å². The van der Waals surface area contributed by atoms with E-state index in [9.17, 15) is 31.2 Å². The van der Waals surface area contributed by atoms with Crippen molar-refractivity contribution in [2.75, 3.05) is 5.75 Å². The van der Waals surface area contributed by atoms with Gasteiger partial charge in [-0.25, -0.2) is 8.42 Å². The van der Waals surface area contributed by atoms with Crippen LogP contribution in [0, 0.1) is 0 Å². The van der Waals surface area contributed by atoms with Crippen molar-refractivity contribution in [2.24, 2.45) is 0 Å². The third kappa shape index (κ3) is 6.12. The maximum Gasteiger partial charge on any atom is 0.471 e. The number of carboxylic acid groups (broad SMARTS) is 1. The number of carbonyl (C=O) groups excluding carboxylic acids is 1. The normalized spacial score (nSPS) is 12.0. The molecule has 0 radical (unpaired) electrons. The minimum absolute atomic E-state index is 0.298. The van der Waals surface area contributed by atoms with Crippen molar-refractivity contribution in [1.29, 1.82) is 0 Å². The van der Waals surface area contributed by atoms with Crippen LogP contribution < -0.4 is 5.32 Å². The van der Waals surface area contributed by atoms with Crippen molar-refractivity contribution in [1.82, 2.24) is 5.32 Å². The van der Waals surface area contributed by atoms with Gasteiger partial charge in [-0.15, -0.1) is 0 Å². The number of carbonyl (C=O) groups is 2. The number of nitrogens with one attached hydrogen (secondary N) is 1. The van der Waals surface area contributed by atoms with Crippen molar-refractivity contribution < 1.29 is 36.3 Å². The van der Waals surface area contributed by atoms with Gasteiger partial charge in [-0.05, 0) is 11.1 Å². The molecule has 10 heteroatoms. The first-order chi connectivity index (χ1) is 9.99. The van der Waals surface area contributed by atoms with Crippen LogP contribution in [-0.2, 0) is 31.7 Å². The summed E-state index contributed by atoms with van der Waals surface area (Å²) in [4.78, 5) is 21.0. The highest BCUT2D eigenvalue weighted by atomic mass is 32.2. The highest BCUT2D eigenvalue weighted by molar-refractivity contribution is 7.91. The summed E-state index contributed by atoms with van der Waals surface area (Å²) in [7, 11) is -3.81. The van der Waals surface area contributed by atoms with E-state index in [0.717, 1.165) is 0 Å². The number of hydrogen-bond donors (Lipinski definition) is 2. The van der Waals surface area contributed by atoms with Crippen LogP contribution in [0.2, 0.25) is 0 Å². The monoisotopic (exact) mass is 339 g/mol. The minimum Gasteiger partial charge on any atom is -0.480 e. The maximum absolute atomic E-state index is 12.0. The topological polar surface area (TPSA) is 101 Å². The first-order valence-corrected chi connectivity index (χ1v) is 7.67. The van der Waals surface area contributed by atoms with Gasteiger partial charge >= 0.3 is 18.1 Å². The molecule has 0 fully saturated rings. The molecule has 0 spiro atoms. The van der Waals surface area contributed by atoms with E-state index in [0.29, 0.717) is 11.1 Å². The van der Waals surface area contributed by atoms with Crippen molar-refractivity contribution in [3.8, 4) is 0 Å². The second-order valence-corrected chi connectivity index (χ2v) is 6.49. The molecule has 1 aromatic rings. The average molecular weight is 339 g/mol. The van der Waals surface area contributed by atoms with Gasteiger partial charge in [0, 0.05) is 6.54 Å². The molecule has 0 saturated heterocycles. The lowest BCUT2D eigenvalue weighted by Gasteiger charge is -2.08. The summed E-state index contributed by atoms with van der Waals surface area (Å²) >= 11 is 0. The minimum atomic E-state index is -4.97. The molecule has 0 saturated carbocycles. The SMILES string of the molecule is O=C(O)CS(=O)(=O)Cc1ccc(CNC(=O)C(F)(F)F)cc1. The fourth-order valence-corrected chi connectivity index (χ4v) is 2.71. The largest absolute Gasteiger partial charge is 0.480 e. The Morgan fingerprint density at radius 2 is 1.59 bits per heavy atom. The molecule has 6 nitrogen and oxygen atoms in total. The lowest BCUT2D eigenvalue weighted by Crippen LogP contribution is -2.36. The van der Waals surface area contributed by atoms with Crippen LogP contribution in [0.5, 0.6) is 0 Å². The Kier molecular flexibility index (Phi) is 5.53. The van der Waals surface area contributed by atoms with E-state index >= 15 is 0 Å². The van der Waals surface area contributed by atoms with E-state index in [1.54, 1.807) is 5.32 Å². The smallest absolute Gasteiger partial charge is 0.471 e. The molecule has 0 aliphatic heterocycles. The molecule has 22 heavy (non-hydrogen) atoms. The molecule has 0 aliphatic carbocycles. The second-order valence-electron chi connectivity index (χ2n) is 4.42. The summed E-state index contributed by atoms with van der Waals surface area (Å²) in [6.07, 6.45) is -4.97. The van der Waals surface area contributed by atoms with E-state index in [4.69, 9.17) is 5.11 Å². The molecular formula is C12H12F3NO5S. The number of hydrogen-bond acceptors (Lipinski definition) is 4. The van der Waals surface area contributed by atoms with Gasteiger partial charge in [0.05, 0.1) is 5.75 Å². The molecule has 0 aromatic heterocycles. The van der Waals surface area contributed by atoms with Crippen molar-refractivity contribution in [3.05, 3.63) is 35.4 Å². The summed E-state index contributed by atoms with van der Waals surface area (Å²) < 4.78 is 58.9. The van der Waals surface area contributed by atoms with Crippen molar-refractivity contribution >= 4 is 21.7 Å². The van der Waals surface area contributed by atoms with Crippen molar-refractivity contribution in [2.45, 2.75) is 18.5 Å². The van der Waals surface area contributed by atoms with Crippen LogP contribution >= 0.6 is 0 Å². The highest BCUT2D eigenvalue weighted by Crippen LogP contribution is 2.15. The van der Waals surface area contributed by atoms with Gasteiger partial charge in [0.15, 0.2) is 9.84 Å². The number of aliphatic carboxylic acids is 1. The number of sulfone groups is 1.